The number of rotatable bonds is 3. The van der Waals surface area contributed by atoms with Gasteiger partial charge in [0.1, 0.15) is 23.8 Å². The summed E-state index contributed by atoms with van der Waals surface area (Å²) in [6.45, 7) is 4.66. The Morgan fingerprint density at radius 1 is 0.962 bits per heavy atom. The molecule has 3 aromatic heterocycles. The molecular weight excluding hydrogens is 330 g/mol. The second kappa shape index (κ2) is 6.91. The fraction of sp³-hybridized carbons (Fsp3) is 0.278. The molecule has 8 nitrogen and oxygen atoms in total. The van der Waals surface area contributed by atoms with Crippen LogP contribution in [0.5, 0.6) is 0 Å². The van der Waals surface area contributed by atoms with Crippen molar-refractivity contribution in [3.63, 3.8) is 0 Å². The number of hydrogen-bond donors (Lipinski definition) is 0. The summed E-state index contributed by atoms with van der Waals surface area (Å²) >= 11 is 0. The average molecular weight is 349 g/mol. The van der Waals surface area contributed by atoms with Gasteiger partial charge in [0.25, 0.3) is 5.91 Å². The van der Waals surface area contributed by atoms with E-state index in [2.05, 4.69) is 24.8 Å². The zero-order valence-corrected chi connectivity index (χ0v) is 14.5. The first-order chi connectivity index (χ1) is 12.7. The van der Waals surface area contributed by atoms with Gasteiger partial charge in [-0.15, -0.1) is 0 Å². The Hall–Kier alpha value is -3.29. The molecule has 26 heavy (non-hydrogen) atoms. The third-order valence-corrected chi connectivity index (χ3v) is 4.40. The Balaban J connectivity index is 1.47. The van der Waals surface area contributed by atoms with Gasteiger partial charge < -0.3 is 9.80 Å². The first kappa shape index (κ1) is 16.2. The summed E-state index contributed by atoms with van der Waals surface area (Å²) in [6.07, 6.45) is 8.59. The molecule has 1 aliphatic rings. The van der Waals surface area contributed by atoms with Crippen molar-refractivity contribution in [2.24, 2.45) is 0 Å². The second-order valence-corrected chi connectivity index (χ2v) is 6.12. The van der Waals surface area contributed by atoms with E-state index in [0.717, 1.165) is 24.7 Å². The number of aromatic nitrogens is 5. The molecule has 0 spiro atoms. The quantitative estimate of drug-likeness (QED) is 0.710. The first-order valence-corrected chi connectivity index (χ1v) is 8.49. The van der Waals surface area contributed by atoms with Crippen molar-refractivity contribution in [2.45, 2.75) is 6.92 Å². The van der Waals surface area contributed by atoms with E-state index in [1.807, 2.05) is 28.7 Å². The number of hydrogen-bond acceptors (Lipinski definition) is 6. The molecule has 3 aromatic rings. The van der Waals surface area contributed by atoms with Crippen molar-refractivity contribution in [3.05, 3.63) is 60.7 Å². The van der Waals surface area contributed by atoms with Crippen LogP contribution in [0.15, 0.2) is 49.3 Å². The van der Waals surface area contributed by atoms with Crippen molar-refractivity contribution < 1.29 is 4.79 Å². The van der Waals surface area contributed by atoms with Crippen LogP contribution in [-0.4, -0.2) is 61.5 Å². The van der Waals surface area contributed by atoms with E-state index in [-0.39, 0.29) is 5.91 Å². The van der Waals surface area contributed by atoms with E-state index in [4.69, 9.17) is 0 Å². The molecule has 0 atom stereocenters. The number of aryl methyl sites for hydroxylation is 1. The van der Waals surface area contributed by atoms with Gasteiger partial charge in [0.15, 0.2) is 0 Å². The first-order valence-electron chi connectivity index (χ1n) is 8.49. The zero-order valence-electron chi connectivity index (χ0n) is 14.5. The standard InChI is InChI=1S/C18H19N7O/c1-14-21-16(12-17(22-14)25-7-6-20-13-25)23-8-10-24(11-9-23)18(26)15-2-4-19-5-3-15/h2-7,12-13H,8-11H2,1H3. The van der Waals surface area contributed by atoms with Gasteiger partial charge in [-0.1, -0.05) is 0 Å². The van der Waals surface area contributed by atoms with Crippen LogP contribution in [0, 0.1) is 6.92 Å². The number of carbonyl (C=O) groups is 1. The molecule has 0 aliphatic carbocycles. The number of piperazine rings is 1. The van der Waals surface area contributed by atoms with Crippen LogP contribution in [0.1, 0.15) is 16.2 Å². The van der Waals surface area contributed by atoms with E-state index < -0.39 is 0 Å². The molecule has 0 N–H and O–H groups in total. The molecule has 0 unspecified atom stereocenters. The third-order valence-electron chi connectivity index (χ3n) is 4.40. The largest absolute Gasteiger partial charge is 0.353 e. The SMILES string of the molecule is Cc1nc(N2CCN(C(=O)c3ccncc3)CC2)cc(-n2ccnc2)n1. The lowest BCUT2D eigenvalue weighted by molar-refractivity contribution is 0.0746. The summed E-state index contributed by atoms with van der Waals surface area (Å²) in [5.41, 5.74) is 0.675. The Kier molecular flexibility index (Phi) is 4.30. The Morgan fingerprint density at radius 2 is 1.69 bits per heavy atom. The molecule has 132 valence electrons. The molecule has 1 saturated heterocycles. The highest BCUT2D eigenvalue weighted by molar-refractivity contribution is 5.94. The van der Waals surface area contributed by atoms with Crippen LogP contribution in [0.25, 0.3) is 5.82 Å². The summed E-state index contributed by atoms with van der Waals surface area (Å²) in [5, 5.41) is 0. The highest BCUT2D eigenvalue weighted by Gasteiger charge is 2.23. The molecule has 1 amide bonds. The maximum absolute atomic E-state index is 12.6. The normalized spacial score (nSPS) is 14.5. The van der Waals surface area contributed by atoms with Crippen LogP contribution < -0.4 is 4.90 Å². The van der Waals surface area contributed by atoms with E-state index in [1.54, 1.807) is 37.1 Å². The van der Waals surface area contributed by atoms with Crippen molar-refractivity contribution in [1.29, 1.82) is 0 Å². The molecule has 0 radical (unpaired) electrons. The van der Waals surface area contributed by atoms with Crippen LogP contribution in [0.2, 0.25) is 0 Å². The second-order valence-electron chi connectivity index (χ2n) is 6.12. The van der Waals surface area contributed by atoms with Crippen molar-refractivity contribution in [1.82, 2.24) is 29.4 Å². The topological polar surface area (TPSA) is 80.0 Å². The lowest BCUT2D eigenvalue weighted by Crippen LogP contribution is -2.49. The number of carbonyl (C=O) groups excluding carboxylic acids is 1. The number of pyridine rings is 1. The highest BCUT2D eigenvalue weighted by Crippen LogP contribution is 2.18. The molecule has 0 saturated carbocycles. The van der Waals surface area contributed by atoms with E-state index in [1.165, 1.54) is 0 Å². The smallest absolute Gasteiger partial charge is 0.254 e. The lowest BCUT2D eigenvalue weighted by atomic mass is 10.2. The minimum atomic E-state index is 0.0463. The summed E-state index contributed by atoms with van der Waals surface area (Å²) in [6, 6.07) is 5.45. The van der Waals surface area contributed by atoms with Gasteiger partial charge >= 0.3 is 0 Å². The highest BCUT2D eigenvalue weighted by atomic mass is 16.2. The van der Waals surface area contributed by atoms with E-state index >= 15 is 0 Å². The van der Waals surface area contributed by atoms with Gasteiger partial charge in [-0.25, -0.2) is 15.0 Å². The number of anilines is 1. The van der Waals surface area contributed by atoms with Crippen LogP contribution in [0.4, 0.5) is 5.82 Å². The van der Waals surface area contributed by atoms with Crippen molar-refractivity contribution in [2.75, 3.05) is 31.1 Å². The summed E-state index contributed by atoms with van der Waals surface area (Å²) in [4.78, 5) is 33.7. The van der Waals surface area contributed by atoms with Gasteiger partial charge in [0.2, 0.25) is 0 Å². The lowest BCUT2D eigenvalue weighted by Gasteiger charge is -2.35. The van der Waals surface area contributed by atoms with Gasteiger partial charge in [0, 0.05) is 62.6 Å². The fourth-order valence-electron chi connectivity index (χ4n) is 3.04. The van der Waals surface area contributed by atoms with Gasteiger partial charge in [-0.3, -0.25) is 14.3 Å². The number of imidazole rings is 1. The predicted octanol–water partition coefficient (Wildman–Crippen LogP) is 1.33. The molecule has 0 aromatic carbocycles. The summed E-state index contributed by atoms with van der Waals surface area (Å²) < 4.78 is 1.86. The van der Waals surface area contributed by atoms with Gasteiger partial charge in [-0.2, -0.15) is 0 Å². The Labute approximate surface area is 151 Å². The van der Waals surface area contributed by atoms with Gasteiger partial charge in [0.05, 0.1) is 0 Å². The van der Waals surface area contributed by atoms with Crippen LogP contribution in [-0.2, 0) is 0 Å². The number of nitrogens with zero attached hydrogens (tertiary/aromatic N) is 7. The van der Waals surface area contributed by atoms with Crippen LogP contribution >= 0.6 is 0 Å². The third kappa shape index (κ3) is 3.26. The summed E-state index contributed by atoms with van der Waals surface area (Å²) in [5.74, 6) is 2.42. The fourth-order valence-corrected chi connectivity index (χ4v) is 3.04. The predicted molar refractivity (Wildman–Crippen MR) is 96.2 cm³/mol. The molecule has 8 heteroatoms. The van der Waals surface area contributed by atoms with E-state index in [0.29, 0.717) is 24.5 Å². The van der Waals surface area contributed by atoms with Crippen LogP contribution in [0.3, 0.4) is 0 Å². The Bertz CT molecular complexity index is 887. The van der Waals surface area contributed by atoms with Crippen molar-refractivity contribution in [3.8, 4) is 5.82 Å². The minimum absolute atomic E-state index is 0.0463. The maximum Gasteiger partial charge on any atom is 0.254 e. The van der Waals surface area contributed by atoms with Crippen molar-refractivity contribution >= 4 is 11.7 Å². The molecule has 1 aliphatic heterocycles. The Morgan fingerprint density at radius 3 is 2.38 bits per heavy atom. The molecule has 1 fully saturated rings. The molecule has 4 rings (SSSR count). The monoisotopic (exact) mass is 349 g/mol. The average Bonchev–Trinajstić information content (AvgIpc) is 3.23. The van der Waals surface area contributed by atoms with Gasteiger partial charge in [-0.05, 0) is 19.1 Å². The molecular formula is C18H19N7O. The maximum atomic E-state index is 12.6. The summed E-state index contributed by atoms with van der Waals surface area (Å²) in [7, 11) is 0. The molecule has 0 bridgehead atoms. The minimum Gasteiger partial charge on any atom is -0.353 e. The zero-order chi connectivity index (χ0) is 17.9. The molecule has 4 heterocycles. The number of amides is 1. The van der Waals surface area contributed by atoms with E-state index in [9.17, 15) is 4.79 Å².